The van der Waals surface area contributed by atoms with Gasteiger partial charge >= 0.3 is 0 Å². The predicted molar refractivity (Wildman–Crippen MR) is 124 cm³/mol. The summed E-state index contributed by atoms with van der Waals surface area (Å²) in [6.45, 7) is 5.37. The number of carbonyl (C=O) groups excluding carboxylic acids is 2. The van der Waals surface area contributed by atoms with Crippen molar-refractivity contribution in [1.82, 2.24) is 4.31 Å². The highest BCUT2D eigenvalue weighted by Crippen LogP contribution is 2.32. The van der Waals surface area contributed by atoms with Gasteiger partial charge in [0.2, 0.25) is 21.8 Å². The first-order valence-corrected chi connectivity index (χ1v) is 12.6. The van der Waals surface area contributed by atoms with Crippen LogP contribution in [0.4, 0.5) is 11.4 Å². The Morgan fingerprint density at radius 3 is 2.44 bits per heavy atom. The molecule has 1 saturated heterocycles. The Morgan fingerprint density at radius 1 is 1.06 bits per heavy atom. The lowest BCUT2D eigenvalue weighted by Gasteiger charge is -2.31. The lowest BCUT2D eigenvalue weighted by molar-refractivity contribution is -0.124. The quantitative estimate of drug-likeness (QED) is 0.671. The van der Waals surface area contributed by atoms with E-state index in [0.717, 1.165) is 18.5 Å². The van der Waals surface area contributed by atoms with Crippen molar-refractivity contribution in [1.29, 1.82) is 0 Å². The molecule has 0 spiro atoms. The van der Waals surface area contributed by atoms with E-state index in [1.165, 1.54) is 22.0 Å². The van der Waals surface area contributed by atoms with Crippen LogP contribution in [0.2, 0.25) is 0 Å². The highest BCUT2D eigenvalue weighted by Gasteiger charge is 2.38. The molecule has 2 aromatic rings. The first kappa shape index (κ1) is 22.5. The number of benzene rings is 2. The molecule has 2 amide bonds. The van der Waals surface area contributed by atoms with Crippen molar-refractivity contribution < 1.29 is 18.0 Å². The van der Waals surface area contributed by atoms with E-state index in [9.17, 15) is 18.0 Å². The van der Waals surface area contributed by atoms with E-state index in [2.05, 4.69) is 6.07 Å². The number of amides is 2. The first-order valence-electron chi connectivity index (χ1n) is 11.2. The third-order valence-electron chi connectivity index (χ3n) is 6.34. The molecule has 2 aliphatic rings. The highest BCUT2D eigenvalue weighted by atomic mass is 32.2. The van der Waals surface area contributed by atoms with E-state index in [-0.39, 0.29) is 23.1 Å². The molecule has 0 aliphatic carbocycles. The molecule has 32 heavy (non-hydrogen) atoms. The third-order valence-corrected chi connectivity index (χ3v) is 8.41. The minimum atomic E-state index is -3.55. The molecule has 0 bridgehead atoms. The molecule has 1 atom stereocenters. The molecular formula is C24H29N3O4S. The molecular weight excluding hydrogens is 426 g/mol. The fourth-order valence-electron chi connectivity index (χ4n) is 4.62. The van der Waals surface area contributed by atoms with E-state index in [1.807, 2.05) is 23.1 Å². The van der Waals surface area contributed by atoms with Crippen LogP contribution in [-0.2, 0) is 26.0 Å². The van der Waals surface area contributed by atoms with E-state index >= 15 is 0 Å². The smallest absolute Gasteiger partial charge is 0.243 e. The molecule has 2 aliphatic heterocycles. The summed E-state index contributed by atoms with van der Waals surface area (Å²) in [5.41, 5.74) is 2.72. The number of sulfonamides is 1. The lowest BCUT2D eigenvalue weighted by atomic mass is 9.99. The second-order valence-electron chi connectivity index (χ2n) is 8.21. The molecule has 4 rings (SSSR count). The summed E-state index contributed by atoms with van der Waals surface area (Å²) in [6, 6.07) is 14.3. The normalized spacial score (nSPS) is 18.8. The number of hydrogen-bond donors (Lipinski definition) is 0. The van der Waals surface area contributed by atoms with Crippen molar-refractivity contribution in [2.75, 3.05) is 36.0 Å². The van der Waals surface area contributed by atoms with Gasteiger partial charge in [0.15, 0.2) is 0 Å². The second-order valence-corrected chi connectivity index (χ2v) is 10.1. The topological polar surface area (TPSA) is 78.0 Å². The van der Waals surface area contributed by atoms with Crippen molar-refractivity contribution in [3.05, 3.63) is 54.1 Å². The Balaban J connectivity index is 1.51. The maximum absolute atomic E-state index is 13.3. The van der Waals surface area contributed by atoms with Gasteiger partial charge in [-0.15, -0.1) is 0 Å². The molecule has 1 fully saturated rings. The Morgan fingerprint density at radius 2 is 1.75 bits per heavy atom. The minimum Gasteiger partial charge on any atom is -0.312 e. The van der Waals surface area contributed by atoms with Gasteiger partial charge in [-0.2, -0.15) is 4.31 Å². The average Bonchev–Trinajstić information content (AvgIpc) is 3.20. The fourth-order valence-corrected chi connectivity index (χ4v) is 6.07. The summed E-state index contributed by atoms with van der Waals surface area (Å²) in [5.74, 6) is -0.547. The Bertz CT molecular complexity index is 1110. The van der Waals surface area contributed by atoms with Crippen LogP contribution in [0.3, 0.4) is 0 Å². The molecule has 2 aromatic carbocycles. The van der Waals surface area contributed by atoms with Crippen LogP contribution in [-0.4, -0.2) is 50.7 Å². The van der Waals surface area contributed by atoms with Crippen LogP contribution in [0.5, 0.6) is 0 Å². The molecule has 7 nitrogen and oxygen atoms in total. The number of nitrogens with zero attached hydrogens (tertiary/aromatic N) is 3. The van der Waals surface area contributed by atoms with E-state index in [1.54, 1.807) is 30.9 Å². The van der Waals surface area contributed by atoms with Crippen molar-refractivity contribution in [2.45, 2.75) is 38.0 Å². The fraction of sp³-hybridized carbons (Fsp3) is 0.417. The number of rotatable bonds is 6. The summed E-state index contributed by atoms with van der Waals surface area (Å²) in [7, 11) is -3.55. The van der Waals surface area contributed by atoms with Crippen molar-refractivity contribution in [2.24, 2.45) is 5.92 Å². The predicted octanol–water partition coefficient (Wildman–Crippen LogP) is 3.05. The number of carbonyl (C=O) groups is 2. The van der Waals surface area contributed by atoms with Gasteiger partial charge in [-0.25, -0.2) is 8.42 Å². The van der Waals surface area contributed by atoms with Crippen LogP contribution in [0, 0.1) is 5.92 Å². The van der Waals surface area contributed by atoms with Crippen LogP contribution >= 0.6 is 0 Å². The monoisotopic (exact) mass is 455 g/mol. The summed E-state index contributed by atoms with van der Waals surface area (Å²) < 4.78 is 26.8. The Kier molecular flexibility index (Phi) is 6.35. The summed E-state index contributed by atoms with van der Waals surface area (Å²) in [6.07, 6.45) is 2.03. The maximum atomic E-state index is 13.3. The average molecular weight is 456 g/mol. The van der Waals surface area contributed by atoms with Crippen molar-refractivity contribution in [3.63, 3.8) is 0 Å². The number of anilines is 2. The van der Waals surface area contributed by atoms with Gasteiger partial charge in [0.25, 0.3) is 0 Å². The van der Waals surface area contributed by atoms with Gasteiger partial charge < -0.3 is 9.80 Å². The van der Waals surface area contributed by atoms with Gasteiger partial charge in [0, 0.05) is 44.0 Å². The molecule has 170 valence electrons. The van der Waals surface area contributed by atoms with Crippen molar-refractivity contribution in [3.8, 4) is 0 Å². The Labute approximate surface area is 189 Å². The number of aryl methyl sites for hydroxylation is 1. The van der Waals surface area contributed by atoms with Crippen LogP contribution in [0.1, 0.15) is 32.3 Å². The molecule has 0 radical (unpaired) electrons. The van der Waals surface area contributed by atoms with Gasteiger partial charge in [-0.05, 0) is 48.7 Å². The zero-order valence-electron chi connectivity index (χ0n) is 18.5. The molecule has 0 aromatic heterocycles. The minimum absolute atomic E-state index is 0.0197. The second kappa shape index (κ2) is 9.03. The standard InChI is InChI=1S/C24H29N3O4S/c1-3-25(4-2)32(30,31)21-13-11-20(12-14-21)27-17-19(16-23(27)28)24(29)26-15-7-9-18-8-5-6-10-22(18)26/h5-6,8,10-14,19H,3-4,7,9,15-17H2,1-2H3. The van der Waals surface area contributed by atoms with Gasteiger partial charge in [-0.3, -0.25) is 9.59 Å². The Hall–Kier alpha value is -2.71. The SMILES string of the molecule is CCN(CC)S(=O)(=O)c1ccc(N2CC(C(=O)N3CCCc4ccccc43)CC2=O)cc1. The molecule has 2 heterocycles. The molecule has 0 saturated carbocycles. The first-order chi connectivity index (χ1) is 15.4. The van der Waals surface area contributed by atoms with Crippen LogP contribution in [0.25, 0.3) is 0 Å². The zero-order valence-corrected chi connectivity index (χ0v) is 19.3. The zero-order chi connectivity index (χ0) is 22.9. The van der Waals surface area contributed by atoms with Gasteiger partial charge in [0.05, 0.1) is 10.8 Å². The molecule has 0 N–H and O–H groups in total. The number of para-hydroxylation sites is 1. The summed E-state index contributed by atoms with van der Waals surface area (Å²) in [5, 5.41) is 0. The van der Waals surface area contributed by atoms with E-state index in [4.69, 9.17) is 0 Å². The van der Waals surface area contributed by atoms with Crippen molar-refractivity contribution >= 4 is 33.2 Å². The molecule has 1 unspecified atom stereocenters. The molecule has 8 heteroatoms. The number of fused-ring (bicyclic) bond motifs is 1. The number of hydrogen-bond acceptors (Lipinski definition) is 4. The lowest BCUT2D eigenvalue weighted by Crippen LogP contribution is -2.40. The van der Waals surface area contributed by atoms with Gasteiger partial charge in [0.1, 0.15) is 0 Å². The largest absolute Gasteiger partial charge is 0.312 e. The van der Waals surface area contributed by atoms with Gasteiger partial charge in [-0.1, -0.05) is 32.0 Å². The van der Waals surface area contributed by atoms with E-state index in [0.29, 0.717) is 31.9 Å². The summed E-state index contributed by atoms with van der Waals surface area (Å²) >= 11 is 0. The highest BCUT2D eigenvalue weighted by molar-refractivity contribution is 7.89. The van der Waals surface area contributed by atoms with Crippen LogP contribution in [0.15, 0.2) is 53.4 Å². The third kappa shape index (κ3) is 4.04. The maximum Gasteiger partial charge on any atom is 0.243 e. The summed E-state index contributed by atoms with van der Waals surface area (Å²) in [4.78, 5) is 29.6. The van der Waals surface area contributed by atoms with E-state index < -0.39 is 15.9 Å². The van der Waals surface area contributed by atoms with Crippen LogP contribution < -0.4 is 9.80 Å².